The molecule has 0 bridgehead atoms. The topological polar surface area (TPSA) is 41.9 Å². The van der Waals surface area contributed by atoms with Crippen LogP contribution in [0.15, 0.2) is 0 Å². The van der Waals surface area contributed by atoms with Crippen LogP contribution in [0.5, 0.6) is 0 Å². The van der Waals surface area contributed by atoms with Gasteiger partial charge < -0.3 is 14.6 Å². The molecule has 4 nitrogen and oxygen atoms in total. The minimum Gasteiger partial charge on any atom is -0.395 e. The van der Waals surface area contributed by atoms with Crippen molar-refractivity contribution in [2.24, 2.45) is 0 Å². The zero-order valence-corrected chi connectivity index (χ0v) is 10.9. The number of hydrogen-bond donors (Lipinski definition) is 1. The lowest BCUT2D eigenvalue weighted by atomic mass is 9.83. The van der Waals surface area contributed by atoms with Crippen LogP contribution in [0.2, 0.25) is 0 Å². The number of aliphatic hydroxyl groups is 1. The van der Waals surface area contributed by atoms with Gasteiger partial charge in [-0.2, -0.15) is 0 Å². The van der Waals surface area contributed by atoms with E-state index in [1.165, 1.54) is 0 Å². The Kier molecular flexibility index (Phi) is 4.79. The minimum absolute atomic E-state index is 0.0596. The number of likely N-dealkylation sites (N-methyl/N-ethyl adjacent to an activating group) is 1. The van der Waals surface area contributed by atoms with Gasteiger partial charge in [0.05, 0.1) is 12.2 Å². The van der Waals surface area contributed by atoms with Crippen LogP contribution in [0, 0.1) is 0 Å². The molecular weight excluding hydrogens is 218 g/mol. The molecule has 1 unspecified atom stereocenters. The summed E-state index contributed by atoms with van der Waals surface area (Å²) in [5.74, 6) is 0. The molecular formula is C13H25NO3. The Labute approximate surface area is 104 Å². The summed E-state index contributed by atoms with van der Waals surface area (Å²) in [5.41, 5.74) is 0.0596. The Morgan fingerprint density at radius 1 is 1.29 bits per heavy atom. The predicted molar refractivity (Wildman–Crippen MR) is 66.1 cm³/mol. The van der Waals surface area contributed by atoms with Gasteiger partial charge in [0, 0.05) is 32.4 Å². The summed E-state index contributed by atoms with van der Waals surface area (Å²) in [5, 5.41) is 9.11. The maximum Gasteiger partial charge on any atom is 0.0741 e. The second kappa shape index (κ2) is 6.14. The van der Waals surface area contributed by atoms with E-state index in [2.05, 4.69) is 11.8 Å². The van der Waals surface area contributed by atoms with Crippen molar-refractivity contribution in [3.05, 3.63) is 0 Å². The molecule has 0 aromatic heterocycles. The van der Waals surface area contributed by atoms with Crippen molar-refractivity contribution in [1.29, 1.82) is 0 Å². The maximum atomic E-state index is 9.11. The quantitative estimate of drug-likeness (QED) is 0.801. The molecule has 1 atom stereocenters. The van der Waals surface area contributed by atoms with Crippen LogP contribution in [0.1, 0.15) is 32.6 Å². The highest BCUT2D eigenvalue weighted by atomic mass is 16.5. The van der Waals surface area contributed by atoms with Gasteiger partial charge in [-0.1, -0.05) is 6.92 Å². The van der Waals surface area contributed by atoms with E-state index in [0.29, 0.717) is 6.04 Å². The first-order valence-corrected chi connectivity index (χ1v) is 6.86. The summed E-state index contributed by atoms with van der Waals surface area (Å²) in [6.07, 6.45) is 4.25. The Morgan fingerprint density at radius 2 is 2.06 bits per heavy atom. The molecule has 2 saturated heterocycles. The molecule has 0 saturated carbocycles. The highest BCUT2D eigenvalue weighted by Crippen LogP contribution is 2.35. The first-order chi connectivity index (χ1) is 8.29. The van der Waals surface area contributed by atoms with Crippen LogP contribution in [0.4, 0.5) is 0 Å². The van der Waals surface area contributed by atoms with Gasteiger partial charge in [-0.15, -0.1) is 0 Å². The molecule has 2 aliphatic heterocycles. The van der Waals surface area contributed by atoms with Gasteiger partial charge in [0.2, 0.25) is 0 Å². The third-order valence-corrected chi connectivity index (χ3v) is 4.18. The Bertz CT molecular complexity index is 223. The molecule has 2 heterocycles. The van der Waals surface area contributed by atoms with E-state index in [4.69, 9.17) is 14.6 Å². The lowest BCUT2D eigenvalue weighted by Gasteiger charge is -2.46. The third kappa shape index (κ3) is 3.19. The van der Waals surface area contributed by atoms with Crippen LogP contribution in [0.3, 0.4) is 0 Å². The van der Waals surface area contributed by atoms with E-state index in [-0.39, 0.29) is 12.2 Å². The lowest BCUT2D eigenvalue weighted by Crippen LogP contribution is -2.51. The highest BCUT2D eigenvalue weighted by Gasteiger charge is 2.40. The maximum absolute atomic E-state index is 9.11. The second-order valence-corrected chi connectivity index (χ2v) is 5.14. The van der Waals surface area contributed by atoms with Gasteiger partial charge in [-0.25, -0.2) is 0 Å². The largest absolute Gasteiger partial charge is 0.395 e. The van der Waals surface area contributed by atoms with Gasteiger partial charge in [0.1, 0.15) is 0 Å². The molecule has 0 aromatic carbocycles. The summed E-state index contributed by atoms with van der Waals surface area (Å²) < 4.78 is 11.5. The third-order valence-electron chi connectivity index (χ3n) is 4.18. The van der Waals surface area contributed by atoms with Crippen molar-refractivity contribution < 1.29 is 14.6 Å². The van der Waals surface area contributed by atoms with Crippen molar-refractivity contribution >= 4 is 0 Å². The number of hydrogen-bond acceptors (Lipinski definition) is 4. The SMILES string of the molecule is CCN(CCO)C1CCOC2(CCOCC2)C1. The first kappa shape index (κ1) is 13.3. The normalized spacial score (nSPS) is 28.8. The van der Waals surface area contributed by atoms with E-state index in [9.17, 15) is 0 Å². The standard InChI is InChI=1S/C13H25NO3/c1-2-14(6-7-15)12-3-8-17-13(11-12)4-9-16-10-5-13/h12,15H,2-11H2,1H3. The molecule has 100 valence electrons. The number of aliphatic hydroxyl groups excluding tert-OH is 1. The summed E-state index contributed by atoms with van der Waals surface area (Å²) in [6, 6.07) is 0.569. The monoisotopic (exact) mass is 243 g/mol. The average Bonchev–Trinajstić information content (AvgIpc) is 2.37. The van der Waals surface area contributed by atoms with E-state index in [1.807, 2.05) is 0 Å². The molecule has 0 amide bonds. The lowest BCUT2D eigenvalue weighted by molar-refractivity contribution is -0.151. The molecule has 4 heteroatoms. The Hall–Kier alpha value is -0.160. The predicted octanol–water partition coefficient (Wildman–Crippen LogP) is 1.03. The van der Waals surface area contributed by atoms with Crippen molar-refractivity contribution in [2.45, 2.75) is 44.2 Å². The van der Waals surface area contributed by atoms with Crippen LogP contribution in [0.25, 0.3) is 0 Å². The van der Waals surface area contributed by atoms with Gasteiger partial charge >= 0.3 is 0 Å². The van der Waals surface area contributed by atoms with Crippen LogP contribution in [-0.2, 0) is 9.47 Å². The number of ether oxygens (including phenoxy) is 2. The summed E-state index contributed by atoms with van der Waals surface area (Å²) in [7, 11) is 0. The fraction of sp³-hybridized carbons (Fsp3) is 1.00. The molecule has 2 aliphatic rings. The number of nitrogens with zero attached hydrogens (tertiary/aromatic N) is 1. The van der Waals surface area contributed by atoms with Crippen molar-refractivity contribution in [2.75, 3.05) is 39.5 Å². The van der Waals surface area contributed by atoms with Gasteiger partial charge in [-0.05, 0) is 32.2 Å². The van der Waals surface area contributed by atoms with Gasteiger partial charge in [-0.3, -0.25) is 4.90 Å². The summed E-state index contributed by atoms with van der Waals surface area (Å²) >= 11 is 0. The molecule has 1 N–H and O–H groups in total. The molecule has 0 aliphatic carbocycles. The van der Waals surface area contributed by atoms with Crippen LogP contribution < -0.4 is 0 Å². The smallest absolute Gasteiger partial charge is 0.0741 e. The average molecular weight is 243 g/mol. The van der Waals surface area contributed by atoms with E-state index in [1.54, 1.807) is 0 Å². The fourth-order valence-electron chi connectivity index (χ4n) is 3.13. The van der Waals surface area contributed by atoms with Crippen LogP contribution >= 0.6 is 0 Å². The molecule has 1 spiro atoms. The van der Waals surface area contributed by atoms with Gasteiger partial charge in [0.25, 0.3) is 0 Å². The highest BCUT2D eigenvalue weighted by molar-refractivity contribution is 4.92. The zero-order chi connectivity index (χ0) is 12.1. The Morgan fingerprint density at radius 3 is 2.71 bits per heavy atom. The van der Waals surface area contributed by atoms with Crippen molar-refractivity contribution in [1.82, 2.24) is 4.90 Å². The van der Waals surface area contributed by atoms with E-state index >= 15 is 0 Å². The Balaban J connectivity index is 1.95. The molecule has 2 rings (SSSR count). The summed E-state index contributed by atoms with van der Waals surface area (Å²) in [4.78, 5) is 2.39. The van der Waals surface area contributed by atoms with Crippen LogP contribution in [-0.4, -0.2) is 61.2 Å². The van der Waals surface area contributed by atoms with Gasteiger partial charge in [0.15, 0.2) is 0 Å². The second-order valence-electron chi connectivity index (χ2n) is 5.14. The first-order valence-electron chi connectivity index (χ1n) is 6.86. The van der Waals surface area contributed by atoms with E-state index < -0.39 is 0 Å². The molecule has 2 fully saturated rings. The molecule has 0 radical (unpaired) electrons. The van der Waals surface area contributed by atoms with Crippen molar-refractivity contribution in [3.8, 4) is 0 Å². The molecule has 0 aromatic rings. The van der Waals surface area contributed by atoms with E-state index in [0.717, 1.165) is 58.6 Å². The van der Waals surface area contributed by atoms with Crippen molar-refractivity contribution in [3.63, 3.8) is 0 Å². The summed E-state index contributed by atoms with van der Waals surface area (Å²) in [6.45, 7) is 6.74. The number of rotatable bonds is 4. The molecule has 17 heavy (non-hydrogen) atoms. The zero-order valence-electron chi connectivity index (χ0n) is 10.9. The fourth-order valence-corrected chi connectivity index (χ4v) is 3.13. The minimum atomic E-state index is 0.0596.